The van der Waals surface area contributed by atoms with Crippen LogP contribution in [0.2, 0.25) is 0 Å². The Kier molecular flexibility index (Phi) is 4.73. The largest absolute Gasteiger partial charge is 0.508 e. The minimum atomic E-state index is -0.561. The van der Waals surface area contributed by atoms with Crippen molar-refractivity contribution in [3.8, 4) is 5.75 Å². The summed E-state index contributed by atoms with van der Waals surface area (Å²) in [5.41, 5.74) is 8.84. The van der Waals surface area contributed by atoms with Crippen molar-refractivity contribution >= 4 is 5.91 Å². The van der Waals surface area contributed by atoms with Gasteiger partial charge in [-0.05, 0) is 62.9 Å². The van der Waals surface area contributed by atoms with E-state index >= 15 is 0 Å². The monoisotopic (exact) mass is 250 g/mol. The highest BCUT2D eigenvalue weighted by Gasteiger charge is 2.17. The van der Waals surface area contributed by atoms with Gasteiger partial charge in [0.15, 0.2) is 0 Å². The summed E-state index contributed by atoms with van der Waals surface area (Å²) in [5.74, 6) is 0.103. The molecule has 0 aromatic heterocycles. The fourth-order valence-electron chi connectivity index (χ4n) is 2.00. The van der Waals surface area contributed by atoms with E-state index in [4.69, 9.17) is 5.73 Å². The van der Waals surface area contributed by atoms with Crippen LogP contribution < -0.4 is 11.1 Å². The number of nitrogens with two attached hydrogens (primary N) is 1. The van der Waals surface area contributed by atoms with Crippen molar-refractivity contribution in [2.24, 2.45) is 5.73 Å². The van der Waals surface area contributed by atoms with Gasteiger partial charge in [-0.2, -0.15) is 0 Å². The van der Waals surface area contributed by atoms with Crippen molar-refractivity contribution in [2.45, 2.75) is 46.2 Å². The normalized spacial score (nSPS) is 12.6. The fraction of sp³-hybridized carbons (Fsp3) is 0.500. The quantitative estimate of drug-likeness (QED) is 0.756. The predicted octanol–water partition coefficient (Wildman–Crippen LogP) is 1.40. The van der Waals surface area contributed by atoms with Gasteiger partial charge in [-0.25, -0.2) is 0 Å². The van der Waals surface area contributed by atoms with E-state index in [0.29, 0.717) is 6.42 Å². The Morgan fingerprint density at radius 3 is 2.28 bits per heavy atom. The smallest absolute Gasteiger partial charge is 0.237 e. The van der Waals surface area contributed by atoms with Gasteiger partial charge in [0.2, 0.25) is 5.91 Å². The van der Waals surface area contributed by atoms with Gasteiger partial charge in [0.05, 0.1) is 6.04 Å². The Hall–Kier alpha value is -1.55. The number of rotatable bonds is 4. The molecule has 0 saturated carbocycles. The molecule has 1 rings (SSSR count). The number of amides is 1. The summed E-state index contributed by atoms with van der Waals surface area (Å²) < 4.78 is 0. The molecule has 0 radical (unpaired) electrons. The van der Waals surface area contributed by atoms with Crippen LogP contribution in [-0.2, 0) is 11.2 Å². The highest BCUT2D eigenvalue weighted by Crippen LogP contribution is 2.21. The average Bonchev–Trinajstić information content (AvgIpc) is 2.21. The van der Waals surface area contributed by atoms with Crippen LogP contribution >= 0.6 is 0 Å². The van der Waals surface area contributed by atoms with Crippen LogP contribution in [0.4, 0.5) is 0 Å². The summed E-state index contributed by atoms with van der Waals surface area (Å²) in [7, 11) is 0. The first kappa shape index (κ1) is 14.5. The van der Waals surface area contributed by atoms with E-state index in [1.54, 1.807) is 12.1 Å². The second kappa shape index (κ2) is 5.87. The van der Waals surface area contributed by atoms with E-state index in [9.17, 15) is 9.90 Å². The number of nitrogens with one attached hydrogen (secondary N) is 1. The first-order valence-electron chi connectivity index (χ1n) is 6.16. The zero-order chi connectivity index (χ0) is 13.9. The molecular formula is C14H22N2O2. The minimum Gasteiger partial charge on any atom is -0.508 e. The standard InChI is InChI=1S/C14H22N2O2/c1-8(2)16-14(18)13(15)7-12-9(3)5-11(17)6-10(12)4/h5-6,8,13,17H,7,15H2,1-4H3,(H,16,18)/t13-/m0/s1. The second-order valence-corrected chi connectivity index (χ2v) is 5.03. The molecule has 18 heavy (non-hydrogen) atoms. The molecule has 0 aliphatic carbocycles. The number of benzene rings is 1. The third-order valence-corrected chi connectivity index (χ3v) is 2.87. The Bertz CT molecular complexity index is 418. The van der Waals surface area contributed by atoms with Gasteiger partial charge in [-0.3, -0.25) is 4.79 Å². The molecule has 1 aromatic rings. The molecule has 4 heteroatoms. The maximum Gasteiger partial charge on any atom is 0.237 e. The third kappa shape index (κ3) is 3.74. The van der Waals surface area contributed by atoms with Gasteiger partial charge < -0.3 is 16.2 Å². The molecule has 0 bridgehead atoms. The minimum absolute atomic E-state index is 0.0885. The Morgan fingerprint density at radius 2 is 1.83 bits per heavy atom. The van der Waals surface area contributed by atoms with Crippen LogP contribution in [0.25, 0.3) is 0 Å². The summed E-state index contributed by atoms with van der Waals surface area (Å²) in [4.78, 5) is 11.8. The van der Waals surface area contributed by atoms with Gasteiger partial charge in [0, 0.05) is 6.04 Å². The lowest BCUT2D eigenvalue weighted by Crippen LogP contribution is -2.44. The summed E-state index contributed by atoms with van der Waals surface area (Å²) in [5, 5.41) is 12.3. The first-order chi connectivity index (χ1) is 8.31. The van der Waals surface area contributed by atoms with E-state index < -0.39 is 6.04 Å². The molecule has 0 aliphatic heterocycles. The van der Waals surface area contributed by atoms with E-state index in [0.717, 1.165) is 16.7 Å². The number of carbonyl (C=O) groups excluding carboxylic acids is 1. The lowest BCUT2D eigenvalue weighted by molar-refractivity contribution is -0.122. The van der Waals surface area contributed by atoms with Crippen LogP contribution in [0, 0.1) is 13.8 Å². The van der Waals surface area contributed by atoms with Crippen LogP contribution in [0.15, 0.2) is 12.1 Å². The number of phenolic OH excluding ortho intramolecular Hbond substituents is 1. The molecule has 1 atom stereocenters. The zero-order valence-electron chi connectivity index (χ0n) is 11.4. The second-order valence-electron chi connectivity index (χ2n) is 5.03. The number of phenols is 1. The summed E-state index contributed by atoms with van der Waals surface area (Å²) >= 11 is 0. The number of hydrogen-bond donors (Lipinski definition) is 3. The van der Waals surface area contributed by atoms with Crippen molar-refractivity contribution in [1.29, 1.82) is 0 Å². The van der Waals surface area contributed by atoms with Crippen molar-refractivity contribution in [2.75, 3.05) is 0 Å². The maximum atomic E-state index is 11.8. The fourth-order valence-corrected chi connectivity index (χ4v) is 2.00. The van der Waals surface area contributed by atoms with Crippen molar-refractivity contribution in [3.05, 3.63) is 28.8 Å². The molecule has 4 N–H and O–H groups in total. The van der Waals surface area contributed by atoms with E-state index in [2.05, 4.69) is 5.32 Å². The molecule has 0 heterocycles. The molecule has 0 aliphatic rings. The van der Waals surface area contributed by atoms with Gasteiger partial charge in [0.25, 0.3) is 0 Å². The molecule has 1 amide bonds. The Balaban J connectivity index is 2.82. The number of aryl methyl sites for hydroxylation is 2. The summed E-state index contributed by atoms with van der Waals surface area (Å²) in [6, 6.07) is 2.91. The summed E-state index contributed by atoms with van der Waals surface area (Å²) in [6.45, 7) is 7.63. The topological polar surface area (TPSA) is 75.3 Å². The molecule has 4 nitrogen and oxygen atoms in total. The van der Waals surface area contributed by atoms with Gasteiger partial charge >= 0.3 is 0 Å². The SMILES string of the molecule is Cc1cc(O)cc(C)c1C[C@H](N)C(=O)NC(C)C. The first-order valence-corrected chi connectivity index (χ1v) is 6.16. The van der Waals surface area contributed by atoms with Crippen molar-refractivity contribution in [1.82, 2.24) is 5.32 Å². The highest BCUT2D eigenvalue weighted by atomic mass is 16.3. The zero-order valence-corrected chi connectivity index (χ0v) is 11.4. The summed E-state index contributed by atoms with van der Waals surface area (Å²) in [6.07, 6.45) is 0.483. The molecule has 100 valence electrons. The van der Waals surface area contributed by atoms with Crippen LogP contribution in [0.5, 0.6) is 5.75 Å². The van der Waals surface area contributed by atoms with Crippen LogP contribution in [0.1, 0.15) is 30.5 Å². The Labute approximate surface area is 108 Å². The van der Waals surface area contributed by atoms with Crippen LogP contribution in [-0.4, -0.2) is 23.1 Å². The molecule has 0 fully saturated rings. The average molecular weight is 250 g/mol. The Morgan fingerprint density at radius 1 is 1.33 bits per heavy atom. The van der Waals surface area contributed by atoms with Gasteiger partial charge in [-0.1, -0.05) is 0 Å². The van der Waals surface area contributed by atoms with E-state index in [1.165, 1.54) is 0 Å². The lowest BCUT2D eigenvalue weighted by Gasteiger charge is -2.17. The molecule has 0 saturated heterocycles. The maximum absolute atomic E-state index is 11.8. The third-order valence-electron chi connectivity index (χ3n) is 2.87. The molecular weight excluding hydrogens is 228 g/mol. The number of carbonyl (C=O) groups is 1. The van der Waals surface area contributed by atoms with Gasteiger partial charge in [-0.15, -0.1) is 0 Å². The number of aromatic hydroxyl groups is 1. The van der Waals surface area contributed by atoms with Crippen molar-refractivity contribution < 1.29 is 9.90 Å². The lowest BCUT2D eigenvalue weighted by atomic mass is 9.96. The predicted molar refractivity (Wildman–Crippen MR) is 72.5 cm³/mol. The van der Waals surface area contributed by atoms with E-state index in [1.807, 2.05) is 27.7 Å². The highest BCUT2D eigenvalue weighted by molar-refractivity contribution is 5.82. The number of hydrogen-bond acceptors (Lipinski definition) is 3. The molecule has 0 spiro atoms. The van der Waals surface area contributed by atoms with E-state index in [-0.39, 0.29) is 17.7 Å². The molecule has 0 unspecified atom stereocenters. The van der Waals surface area contributed by atoms with Crippen molar-refractivity contribution in [3.63, 3.8) is 0 Å². The van der Waals surface area contributed by atoms with Gasteiger partial charge in [0.1, 0.15) is 5.75 Å². The van der Waals surface area contributed by atoms with Crippen LogP contribution in [0.3, 0.4) is 0 Å². The molecule has 1 aromatic carbocycles.